The molecule has 108 valence electrons. The normalized spacial score (nSPS) is 14.3. The Balaban J connectivity index is 1.73. The molecule has 0 bridgehead atoms. The van der Waals surface area contributed by atoms with Crippen LogP contribution in [0.1, 0.15) is 29.8 Å². The zero-order valence-electron chi connectivity index (χ0n) is 11.3. The van der Waals surface area contributed by atoms with Gasteiger partial charge in [-0.15, -0.1) is 0 Å². The third-order valence-electron chi connectivity index (χ3n) is 3.42. The van der Waals surface area contributed by atoms with E-state index in [9.17, 15) is 9.59 Å². The molecule has 1 fully saturated rings. The number of furan rings is 1. The lowest BCUT2D eigenvalue weighted by atomic mass is 9.86. The number of hydrogen-bond acceptors (Lipinski definition) is 5. The van der Waals surface area contributed by atoms with Crippen molar-refractivity contribution in [2.75, 3.05) is 0 Å². The van der Waals surface area contributed by atoms with Crippen LogP contribution in [-0.2, 0) is 4.79 Å². The molecule has 21 heavy (non-hydrogen) atoms. The largest absolute Gasteiger partial charge is 0.457 e. The van der Waals surface area contributed by atoms with Crippen LogP contribution in [0.25, 0.3) is 0 Å². The zero-order valence-corrected chi connectivity index (χ0v) is 11.3. The molecule has 0 atom stereocenters. The van der Waals surface area contributed by atoms with Crippen molar-refractivity contribution in [2.45, 2.75) is 19.3 Å². The molecule has 3 rings (SSSR count). The Morgan fingerprint density at radius 2 is 1.71 bits per heavy atom. The van der Waals surface area contributed by atoms with E-state index in [1.54, 1.807) is 30.3 Å². The Morgan fingerprint density at radius 1 is 1.00 bits per heavy atom. The van der Waals surface area contributed by atoms with Crippen LogP contribution < -0.4 is 9.47 Å². The zero-order chi connectivity index (χ0) is 14.7. The fourth-order valence-electron chi connectivity index (χ4n) is 2.00. The minimum atomic E-state index is -0.632. The number of hydrogen-bond donors (Lipinski definition) is 0. The van der Waals surface area contributed by atoms with Crippen molar-refractivity contribution >= 4 is 11.9 Å². The van der Waals surface area contributed by atoms with Crippen molar-refractivity contribution in [3.63, 3.8) is 0 Å². The molecule has 0 N–H and O–H groups in total. The van der Waals surface area contributed by atoms with Gasteiger partial charge >= 0.3 is 11.9 Å². The summed E-state index contributed by atoms with van der Waals surface area (Å²) in [6.07, 6.45) is 4.15. The van der Waals surface area contributed by atoms with Gasteiger partial charge in [-0.3, -0.25) is 4.79 Å². The first-order valence-electron chi connectivity index (χ1n) is 6.80. The van der Waals surface area contributed by atoms with E-state index >= 15 is 0 Å². The van der Waals surface area contributed by atoms with Crippen LogP contribution in [0.2, 0.25) is 0 Å². The number of carbonyl (C=O) groups excluding carboxylic acids is 2. The lowest BCUT2D eigenvalue weighted by Gasteiger charge is -2.23. The van der Waals surface area contributed by atoms with Crippen LogP contribution >= 0.6 is 0 Å². The van der Waals surface area contributed by atoms with Crippen molar-refractivity contribution in [1.82, 2.24) is 0 Å². The summed E-state index contributed by atoms with van der Waals surface area (Å²) in [5.41, 5.74) is 0. The van der Waals surface area contributed by atoms with E-state index in [2.05, 4.69) is 0 Å². The Labute approximate surface area is 121 Å². The predicted octanol–water partition coefficient (Wildman–Crippen LogP) is 3.20. The minimum Gasteiger partial charge on any atom is -0.457 e. The van der Waals surface area contributed by atoms with Gasteiger partial charge in [0.15, 0.2) is 11.5 Å². The van der Waals surface area contributed by atoms with Crippen LogP contribution in [-0.4, -0.2) is 11.9 Å². The van der Waals surface area contributed by atoms with Gasteiger partial charge in [0.1, 0.15) is 0 Å². The molecule has 0 spiro atoms. The van der Waals surface area contributed by atoms with Crippen molar-refractivity contribution in [2.24, 2.45) is 5.92 Å². The second-order valence-corrected chi connectivity index (χ2v) is 4.86. The maximum atomic E-state index is 11.9. The first kappa shape index (κ1) is 13.4. The highest BCUT2D eigenvalue weighted by Gasteiger charge is 2.28. The van der Waals surface area contributed by atoms with E-state index in [-0.39, 0.29) is 29.1 Å². The van der Waals surface area contributed by atoms with Gasteiger partial charge in [-0.1, -0.05) is 18.6 Å². The highest BCUT2D eigenvalue weighted by atomic mass is 16.6. The van der Waals surface area contributed by atoms with Gasteiger partial charge in [0.25, 0.3) is 0 Å². The van der Waals surface area contributed by atoms with E-state index in [0.717, 1.165) is 19.3 Å². The molecule has 5 nitrogen and oxygen atoms in total. The highest BCUT2D eigenvalue weighted by molar-refractivity contribution is 5.88. The number of para-hydroxylation sites is 2. The molecule has 0 aliphatic heterocycles. The van der Waals surface area contributed by atoms with Crippen molar-refractivity contribution < 1.29 is 23.5 Å². The monoisotopic (exact) mass is 286 g/mol. The number of ether oxygens (including phenoxy) is 2. The van der Waals surface area contributed by atoms with Crippen molar-refractivity contribution in [3.8, 4) is 11.5 Å². The number of rotatable bonds is 4. The maximum absolute atomic E-state index is 11.9. The van der Waals surface area contributed by atoms with Crippen LogP contribution in [0.4, 0.5) is 0 Å². The van der Waals surface area contributed by atoms with Gasteiger partial charge < -0.3 is 13.9 Å². The summed E-state index contributed by atoms with van der Waals surface area (Å²) in [7, 11) is 0. The quantitative estimate of drug-likeness (QED) is 0.638. The van der Waals surface area contributed by atoms with Gasteiger partial charge in [-0.05, 0) is 37.1 Å². The molecule has 1 saturated carbocycles. The summed E-state index contributed by atoms with van der Waals surface area (Å²) in [6.45, 7) is 0. The molecule has 0 radical (unpaired) electrons. The summed E-state index contributed by atoms with van der Waals surface area (Å²) in [6, 6.07) is 9.69. The molecule has 1 aromatic carbocycles. The van der Waals surface area contributed by atoms with Crippen molar-refractivity contribution in [1.29, 1.82) is 0 Å². The second kappa shape index (κ2) is 5.83. The van der Waals surface area contributed by atoms with E-state index in [1.807, 2.05) is 0 Å². The average molecular weight is 286 g/mol. The smallest absolute Gasteiger partial charge is 0.379 e. The Kier molecular flexibility index (Phi) is 3.73. The van der Waals surface area contributed by atoms with Gasteiger partial charge in [-0.25, -0.2) is 4.79 Å². The van der Waals surface area contributed by atoms with E-state index in [4.69, 9.17) is 13.9 Å². The summed E-state index contributed by atoms with van der Waals surface area (Å²) < 4.78 is 15.5. The summed E-state index contributed by atoms with van der Waals surface area (Å²) >= 11 is 0. The van der Waals surface area contributed by atoms with Gasteiger partial charge in [0, 0.05) is 0 Å². The topological polar surface area (TPSA) is 65.7 Å². The van der Waals surface area contributed by atoms with Crippen LogP contribution in [0.3, 0.4) is 0 Å². The molecule has 0 amide bonds. The molecule has 1 heterocycles. The van der Waals surface area contributed by atoms with Crippen LogP contribution in [0, 0.1) is 5.92 Å². The number of carbonyl (C=O) groups is 2. The predicted molar refractivity (Wildman–Crippen MR) is 73.1 cm³/mol. The summed E-state index contributed by atoms with van der Waals surface area (Å²) in [5, 5.41) is 0. The fourth-order valence-corrected chi connectivity index (χ4v) is 2.00. The Hall–Kier alpha value is -2.56. The van der Waals surface area contributed by atoms with Crippen LogP contribution in [0.15, 0.2) is 47.1 Å². The molecular weight excluding hydrogens is 272 g/mol. The van der Waals surface area contributed by atoms with E-state index < -0.39 is 5.97 Å². The molecule has 1 aliphatic rings. The first-order chi connectivity index (χ1) is 10.2. The first-order valence-corrected chi connectivity index (χ1v) is 6.80. The SMILES string of the molecule is O=C(Oc1ccccc1OC(=O)C1CCC1)c1ccco1. The Bertz CT molecular complexity index is 640. The molecule has 5 heteroatoms. The third kappa shape index (κ3) is 2.97. The molecule has 0 saturated heterocycles. The number of benzene rings is 1. The molecule has 1 aliphatic carbocycles. The standard InChI is InChI=1S/C16H14O5/c17-15(11-5-3-6-11)20-12-7-1-2-8-13(12)21-16(18)14-9-4-10-19-14/h1-2,4,7-11H,3,5-6H2. The third-order valence-corrected chi connectivity index (χ3v) is 3.42. The van der Waals surface area contributed by atoms with E-state index in [0.29, 0.717) is 0 Å². The van der Waals surface area contributed by atoms with Gasteiger partial charge in [0.05, 0.1) is 12.2 Å². The lowest BCUT2D eigenvalue weighted by Crippen LogP contribution is -2.26. The molecule has 0 unspecified atom stereocenters. The molecule has 1 aromatic heterocycles. The average Bonchev–Trinajstić information content (AvgIpc) is 2.93. The summed E-state index contributed by atoms with van der Waals surface area (Å²) in [4.78, 5) is 23.7. The minimum absolute atomic E-state index is 0.0427. The fraction of sp³-hybridized carbons (Fsp3) is 0.250. The Morgan fingerprint density at radius 3 is 2.29 bits per heavy atom. The summed E-state index contributed by atoms with van der Waals surface area (Å²) in [5.74, 6) is -0.412. The van der Waals surface area contributed by atoms with Crippen LogP contribution in [0.5, 0.6) is 11.5 Å². The van der Waals surface area contributed by atoms with Gasteiger partial charge in [-0.2, -0.15) is 0 Å². The lowest BCUT2D eigenvalue weighted by molar-refractivity contribution is -0.141. The number of esters is 2. The van der Waals surface area contributed by atoms with E-state index in [1.165, 1.54) is 12.3 Å². The van der Waals surface area contributed by atoms with Gasteiger partial charge in [0.2, 0.25) is 5.76 Å². The second-order valence-electron chi connectivity index (χ2n) is 4.86. The maximum Gasteiger partial charge on any atom is 0.379 e. The van der Waals surface area contributed by atoms with Crippen molar-refractivity contribution in [3.05, 3.63) is 48.4 Å². The molecule has 2 aromatic rings. The molecular formula is C16H14O5. The highest BCUT2D eigenvalue weighted by Crippen LogP contribution is 2.32.